The van der Waals surface area contributed by atoms with Gasteiger partial charge in [-0.15, -0.1) is 0 Å². The zero-order chi connectivity index (χ0) is 54.3. The molecule has 12 bridgehead atoms. The minimum atomic E-state index is -0.254. The molecule has 0 spiro atoms. The first-order valence-corrected chi connectivity index (χ1v) is 27.3. The highest BCUT2D eigenvalue weighted by Gasteiger charge is 2.30. The van der Waals surface area contributed by atoms with Crippen molar-refractivity contribution < 1.29 is 33.9 Å². The summed E-state index contributed by atoms with van der Waals surface area (Å²) in [5, 5.41) is 25.6. The van der Waals surface area contributed by atoms with Crippen LogP contribution < -0.4 is 14.2 Å². The van der Waals surface area contributed by atoms with Crippen molar-refractivity contribution in [2.24, 2.45) is 0 Å². The van der Waals surface area contributed by atoms with Crippen LogP contribution in [0.5, 0.6) is 28.7 Å². The van der Waals surface area contributed by atoms with Gasteiger partial charge in [-0.3, -0.25) is 4.98 Å². The maximum Gasteiger partial charge on any atom is 0.130 e. The third-order valence-electron chi connectivity index (χ3n) is 14.9. The lowest BCUT2D eigenvalue weighted by molar-refractivity contribution is 0.0273. The van der Waals surface area contributed by atoms with Gasteiger partial charge in [0.2, 0.25) is 0 Å². The molecule has 1 aliphatic heterocycles. The van der Waals surface area contributed by atoms with Crippen LogP contribution >= 0.6 is 0 Å². The molecular formula is C67H85NO7. The molecular weight excluding hydrogens is 931 g/mol. The van der Waals surface area contributed by atoms with E-state index in [1.165, 1.54) is 11.1 Å². The van der Waals surface area contributed by atoms with Gasteiger partial charge in [0.15, 0.2) is 0 Å². The molecule has 0 radical (unpaired) electrons. The molecule has 8 heteroatoms. The number of nitrogens with zero attached hydrogens (tertiary/aromatic N) is 1. The number of pyridine rings is 1. The molecule has 0 atom stereocenters. The Bertz CT molecular complexity index is 3010. The van der Waals surface area contributed by atoms with Crippen LogP contribution in [0, 0.1) is 0 Å². The van der Waals surface area contributed by atoms with Crippen LogP contribution in [0.4, 0.5) is 0 Å². The predicted octanol–water partition coefficient (Wildman–Crippen LogP) is 14.6. The summed E-state index contributed by atoms with van der Waals surface area (Å²) in [4.78, 5) is 4.69. The van der Waals surface area contributed by atoms with Crippen molar-refractivity contribution >= 4 is 0 Å². The third kappa shape index (κ3) is 13.2. The number of aromatic nitrogens is 1. The molecule has 0 amide bonds. The molecule has 400 valence electrons. The molecule has 2 heterocycles. The highest BCUT2D eigenvalue weighted by Crippen LogP contribution is 2.45. The Labute approximate surface area is 449 Å². The molecule has 8 rings (SSSR count). The second-order valence-electron chi connectivity index (χ2n) is 26.3. The largest absolute Gasteiger partial charge is 0.507 e. The number of aromatic hydroxyl groups is 2. The number of phenolic OH excluding ortho intramolecular Hbond substituents is 2. The lowest BCUT2D eigenvalue weighted by atomic mass is 9.79. The SMILES string of the molecule is CC(C)(C)c1cc2c(O)c(c1)Cc1cc(C(C)(C)C)cc3c1OCCOCCOCCOc1c(cc(C(C)(C)C)cc1Cc1cc(C(C)(C)C)cc(c1OCc1ccccn1)Cc1cc(C(C)(C)C)cc(c1O)C2)C3. The van der Waals surface area contributed by atoms with E-state index in [9.17, 15) is 10.2 Å². The van der Waals surface area contributed by atoms with E-state index in [1.54, 1.807) is 6.20 Å². The number of phenols is 2. The summed E-state index contributed by atoms with van der Waals surface area (Å²) in [5.74, 6) is 2.81. The quantitative estimate of drug-likeness (QED) is 0.181. The maximum absolute atomic E-state index is 12.8. The van der Waals surface area contributed by atoms with Gasteiger partial charge in [-0.05, 0) is 123 Å². The average Bonchev–Trinajstić information content (AvgIpc) is 3.31. The van der Waals surface area contributed by atoms with E-state index in [4.69, 9.17) is 23.7 Å². The standard InChI is InChI=1S/C67H85NO7/c1-63(2,3)52-31-42-26-43-32-53(64(4,5)6)34-45(59(43)70)28-47-36-55(66(10,11)12)40-51(62(47)75-41-57-18-16-17-19-68-57)30-50-39-56(67(13,14)15)38-49-29-48-37-54(65(7,8)9)35-46(27-44(33-52)58(42)69)60(48)73-24-22-71-20-21-72-23-25-74-61(49)50/h16-19,31-40,69-70H,20-30,41H2,1-15H3. The molecule has 6 aromatic rings. The van der Waals surface area contributed by atoms with Crippen molar-refractivity contribution in [3.63, 3.8) is 0 Å². The van der Waals surface area contributed by atoms with Gasteiger partial charge < -0.3 is 33.9 Å². The topological polar surface area (TPSA) is 99.5 Å². The Balaban J connectivity index is 1.51. The Morgan fingerprint density at radius 1 is 0.400 bits per heavy atom. The fourth-order valence-electron chi connectivity index (χ4n) is 10.2. The lowest BCUT2D eigenvalue weighted by Crippen LogP contribution is -2.17. The summed E-state index contributed by atoms with van der Waals surface area (Å²) in [6.07, 6.45) is 3.99. The Morgan fingerprint density at radius 3 is 1.04 bits per heavy atom. The fraction of sp³-hybridized carbons (Fsp3) is 0.478. The molecule has 0 fully saturated rings. The Kier molecular flexibility index (Phi) is 16.0. The zero-order valence-corrected chi connectivity index (χ0v) is 48.0. The summed E-state index contributed by atoms with van der Waals surface area (Å²) in [7, 11) is 0. The van der Waals surface area contributed by atoms with Gasteiger partial charge in [0, 0.05) is 38.3 Å². The summed E-state index contributed by atoms with van der Waals surface area (Å²) in [5.41, 5.74) is 14.6. The normalized spacial score (nSPS) is 15.3. The highest BCUT2D eigenvalue weighted by atomic mass is 16.6. The number of ether oxygens (including phenoxy) is 5. The van der Waals surface area contributed by atoms with Crippen molar-refractivity contribution in [3.8, 4) is 28.7 Å². The van der Waals surface area contributed by atoms with Crippen molar-refractivity contribution in [3.05, 3.63) is 174 Å². The maximum atomic E-state index is 12.8. The van der Waals surface area contributed by atoms with Gasteiger partial charge in [-0.2, -0.15) is 0 Å². The first-order chi connectivity index (χ1) is 35.1. The van der Waals surface area contributed by atoms with Crippen LogP contribution in [-0.2, 0) is 75.3 Å². The Hall–Kier alpha value is -5.83. The van der Waals surface area contributed by atoms with Crippen LogP contribution in [0.2, 0.25) is 0 Å². The second-order valence-corrected chi connectivity index (χ2v) is 26.3. The second kappa shape index (κ2) is 21.7. The van der Waals surface area contributed by atoms with Gasteiger partial charge in [-0.1, -0.05) is 171 Å². The van der Waals surface area contributed by atoms with Crippen molar-refractivity contribution in [1.82, 2.24) is 4.98 Å². The molecule has 2 N–H and O–H groups in total. The van der Waals surface area contributed by atoms with E-state index in [2.05, 4.69) is 170 Å². The first-order valence-electron chi connectivity index (χ1n) is 27.3. The number of benzene rings is 5. The van der Waals surface area contributed by atoms with Gasteiger partial charge in [0.1, 0.15) is 48.6 Å². The van der Waals surface area contributed by atoms with Crippen LogP contribution in [0.15, 0.2) is 85.1 Å². The lowest BCUT2D eigenvalue weighted by Gasteiger charge is -2.28. The van der Waals surface area contributed by atoms with E-state index in [-0.39, 0.29) is 45.2 Å². The predicted molar refractivity (Wildman–Crippen MR) is 304 cm³/mol. The molecule has 0 saturated carbocycles. The van der Waals surface area contributed by atoms with Gasteiger partial charge in [0.25, 0.3) is 0 Å². The fourth-order valence-corrected chi connectivity index (χ4v) is 10.2. The van der Waals surface area contributed by atoms with E-state index in [1.807, 2.05) is 18.2 Å². The summed E-state index contributed by atoms with van der Waals surface area (Å²) >= 11 is 0. The smallest absolute Gasteiger partial charge is 0.130 e. The minimum Gasteiger partial charge on any atom is -0.507 e. The Morgan fingerprint density at radius 2 is 0.693 bits per heavy atom. The summed E-state index contributed by atoms with van der Waals surface area (Å²) < 4.78 is 33.4. The zero-order valence-electron chi connectivity index (χ0n) is 48.0. The number of hydrogen-bond acceptors (Lipinski definition) is 8. The molecule has 0 saturated heterocycles. The number of rotatable bonds is 3. The van der Waals surface area contributed by atoms with Gasteiger partial charge in [-0.25, -0.2) is 0 Å². The van der Waals surface area contributed by atoms with Crippen LogP contribution in [0.25, 0.3) is 0 Å². The van der Waals surface area contributed by atoms with Crippen LogP contribution in [-0.4, -0.2) is 54.8 Å². The molecule has 0 unspecified atom stereocenters. The van der Waals surface area contributed by atoms with Crippen molar-refractivity contribution in [2.75, 3.05) is 39.6 Å². The number of fused-ring (bicyclic) bond motifs is 6. The van der Waals surface area contributed by atoms with E-state index >= 15 is 0 Å². The molecule has 8 nitrogen and oxygen atoms in total. The summed E-state index contributed by atoms with van der Waals surface area (Å²) in [6, 6.07) is 28.4. The van der Waals surface area contributed by atoms with E-state index in [0.717, 1.165) is 95.3 Å². The molecule has 1 aliphatic carbocycles. The van der Waals surface area contributed by atoms with Crippen molar-refractivity contribution in [1.29, 1.82) is 0 Å². The molecule has 2 aliphatic rings. The van der Waals surface area contributed by atoms with Crippen molar-refractivity contribution in [2.45, 2.75) is 170 Å². The molecule has 75 heavy (non-hydrogen) atoms. The summed E-state index contributed by atoms with van der Waals surface area (Å²) in [6.45, 7) is 36.3. The van der Waals surface area contributed by atoms with Crippen LogP contribution in [0.3, 0.4) is 0 Å². The third-order valence-corrected chi connectivity index (χ3v) is 14.9. The average molecular weight is 1020 g/mol. The molecule has 1 aromatic heterocycles. The first kappa shape index (κ1) is 55.4. The minimum absolute atomic E-state index is 0.218. The van der Waals surface area contributed by atoms with E-state index < -0.39 is 0 Å². The van der Waals surface area contributed by atoms with Crippen LogP contribution in [0.1, 0.15) is 193 Å². The monoisotopic (exact) mass is 1020 g/mol. The molecule has 5 aromatic carbocycles. The van der Waals surface area contributed by atoms with Gasteiger partial charge >= 0.3 is 0 Å². The van der Waals surface area contributed by atoms with E-state index in [0.29, 0.717) is 71.7 Å². The number of hydrogen-bond donors (Lipinski definition) is 2. The highest BCUT2D eigenvalue weighted by molar-refractivity contribution is 5.60. The van der Waals surface area contributed by atoms with Gasteiger partial charge in [0.05, 0.1) is 32.1 Å².